The first-order valence-electron chi connectivity index (χ1n) is 8.11. The molecule has 5 heteroatoms. The van der Waals surface area contributed by atoms with E-state index in [-0.39, 0.29) is 11.2 Å². The number of thiophene rings is 1. The molecular weight excluding hydrogens is 326 g/mol. The van der Waals surface area contributed by atoms with Crippen molar-refractivity contribution in [3.05, 3.63) is 33.0 Å². The van der Waals surface area contributed by atoms with E-state index in [1.54, 1.807) is 0 Å². The monoisotopic (exact) mass is 351 g/mol. The Hall–Kier alpha value is -0.750. The number of hydrogen-bond donors (Lipinski definition) is 3. The standard InChI is InChI=1S/C18H25NO2S2/c1-11(20)16-14-8-18(2,3)6-4-15(14)23-17(16)13-5-7-21-10-12(13)9-19-22/h19-20,22H,1,4-10H2,2-3H3. The fraction of sp³-hybridized carbons (Fsp3) is 0.556. The van der Waals surface area contributed by atoms with E-state index < -0.39 is 0 Å². The zero-order valence-corrected chi connectivity index (χ0v) is 15.6. The van der Waals surface area contributed by atoms with Crippen LogP contribution in [0, 0.1) is 5.41 Å². The molecule has 1 aromatic rings. The molecule has 0 atom stereocenters. The van der Waals surface area contributed by atoms with Gasteiger partial charge in [0.2, 0.25) is 0 Å². The smallest absolute Gasteiger partial charge is 0.117 e. The van der Waals surface area contributed by atoms with Gasteiger partial charge in [-0.3, -0.25) is 4.72 Å². The van der Waals surface area contributed by atoms with Crippen LogP contribution in [0.15, 0.2) is 12.2 Å². The fourth-order valence-corrected chi connectivity index (χ4v) is 5.25. The summed E-state index contributed by atoms with van der Waals surface area (Å²) < 4.78 is 8.55. The van der Waals surface area contributed by atoms with Crippen molar-refractivity contribution in [2.24, 2.45) is 5.41 Å². The second-order valence-corrected chi connectivity index (χ2v) is 8.64. The van der Waals surface area contributed by atoms with Crippen molar-refractivity contribution in [3.63, 3.8) is 0 Å². The Labute approximate surface area is 148 Å². The van der Waals surface area contributed by atoms with Crippen LogP contribution in [0.25, 0.3) is 11.3 Å². The van der Waals surface area contributed by atoms with E-state index in [0.717, 1.165) is 31.4 Å². The van der Waals surface area contributed by atoms with Gasteiger partial charge in [-0.25, -0.2) is 0 Å². The second kappa shape index (κ2) is 6.63. The first-order valence-corrected chi connectivity index (χ1v) is 9.38. The fourth-order valence-electron chi connectivity index (χ4n) is 3.60. The summed E-state index contributed by atoms with van der Waals surface area (Å²) in [6, 6.07) is 0. The molecule has 1 aliphatic carbocycles. The Morgan fingerprint density at radius 1 is 1.43 bits per heavy atom. The minimum atomic E-state index is 0.201. The number of ether oxygens (including phenoxy) is 1. The normalized spacial score (nSPS) is 20.5. The highest BCUT2D eigenvalue weighted by molar-refractivity contribution is 7.78. The molecule has 2 N–H and O–H groups in total. The molecule has 3 nitrogen and oxygen atoms in total. The van der Waals surface area contributed by atoms with Crippen LogP contribution in [0.5, 0.6) is 0 Å². The highest BCUT2D eigenvalue weighted by Crippen LogP contribution is 2.46. The van der Waals surface area contributed by atoms with Gasteiger partial charge in [0.25, 0.3) is 0 Å². The lowest BCUT2D eigenvalue weighted by molar-refractivity contribution is 0.153. The Morgan fingerprint density at radius 2 is 2.22 bits per heavy atom. The van der Waals surface area contributed by atoms with Crippen LogP contribution in [-0.2, 0) is 17.6 Å². The topological polar surface area (TPSA) is 41.5 Å². The molecule has 3 rings (SSSR count). The van der Waals surface area contributed by atoms with E-state index in [2.05, 4.69) is 38.0 Å². The molecule has 2 heterocycles. The van der Waals surface area contributed by atoms with Gasteiger partial charge < -0.3 is 9.84 Å². The van der Waals surface area contributed by atoms with Crippen LogP contribution in [0.3, 0.4) is 0 Å². The van der Waals surface area contributed by atoms with Crippen molar-refractivity contribution in [1.29, 1.82) is 0 Å². The third kappa shape index (κ3) is 3.38. The lowest BCUT2D eigenvalue weighted by Crippen LogP contribution is -2.21. The first kappa shape index (κ1) is 17.1. The average Bonchev–Trinajstić information content (AvgIpc) is 2.85. The van der Waals surface area contributed by atoms with Crippen molar-refractivity contribution in [1.82, 2.24) is 4.72 Å². The number of rotatable bonds is 4. The highest BCUT2D eigenvalue weighted by atomic mass is 32.1. The molecule has 0 unspecified atom stereocenters. The molecule has 0 spiro atoms. The Kier molecular flexibility index (Phi) is 4.93. The lowest BCUT2D eigenvalue weighted by Gasteiger charge is -2.30. The van der Waals surface area contributed by atoms with Crippen LogP contribution >= 0.6 is 24.2 Å². The van der Waals surface area contributed by atoms with Gasteiger partial charge in [0.05, 0.1) is 13.2 Å². The highest BCUT2D eigenvalue weighted by Gasteiger charge is 2.32. The van der Waals surface area contributed by atoms with E-state index >= 15 is 0 Å². The van der Waals surface area contributed by atoms with Gasteiger partial charge in [-0.2, -0.15) is 0 Å². The van der Waals surface area contributed by atoms with Gasteiger partial charge in [-0.15, -0.1) is 11.3 Å². The second-order valence-electron chi connectivity index (χ2n) is 7.22. The number of hydrogen-bond acceptors (Lipinski definition) is 5. The minimum Gasteiger partial charge on any atom is -0.508 e. The molecule has 0 radical (unpaired) electrons. The number of thiol groups is 1. The molecule has 23 heavy (non-hydrogen) atoms. The van der Waals surface area contributed by atoms with Crippen LogP contribution in [0.4, 0.5) is 0 Å². The predicted octanol–water partition coefficient (Wildman–Crippen LogP) is 4.40. The van der Waals surface area contributed by atoms with E-state index in [0.29, 0.717) is 13.2 Å². The maximum atomic E-state index is 10.3. The summed E-state index contributed by atoms with van der Waals surface area (Å²) in [6.07, 6.45) is 4.19. The summed E-state index contributed by atoms with van der Waals surface area (Å²) in [5.74, 6) is 0.201. The molecular formula is C18H25NO2S2. The van der Waals surface area contributed by atoms with Gasteiger partial charge in [-0.05, 0) is 47.8 Å². The van der Waals surface area contributed by atoms with Gasteiger partial charge in [0, 0.05) is 21.9 Å². The minimum absolute atomic E-state index is 0.201. The van der Waals surface area contributed by atoms with E-state index in [9.17, 15) is 5.11 Å². The summed E-state index contributed by atoms with van der Waals surface area (Å²) in [5.41, 5.74) is 5.11. The molecule has 0 aromatic carbocycles. The van der Waals surface area contributed by atoms with Gasteiger partial charge in [0.15, 0.2) is 0 Å². The Balaban J connectivity index is 2.13. The SMILES string of the molecule is C=C(O)c1c(C2=C(CNS)COCC2)sc2c1CC(C)(C)CC2. The quantitative estimate of drug-likeness (QED) is 0.556. The van der Waals surface area contributed by atoms with Gasteiger partial charge in [-0.1, -0.05) is 33.2 Å². The summed E-state index contributed by atoms with van der Waals surface area (Å²) in [5, 5.41) is 10.3. The third-order valence-electron chi connectivity index (χ3n) is 4.83. The van der Waals surface area contributed by atoms with Crippen molar-refractivity contribution >= 4 is 35.5 Å². The van der Waals surface area contributed by atoms with Crippen LogP contribution < -0.4 is 4.72 Å². The lowest BCUT2D eigenvalue weighted by atomic mass is 9.75. The van der Waals surface area contributed by atoms with E-state index in [1.165, 1.54) is 32.9 Å². The molecule has 1 aliphatic heterocycles. The van der Waals surface area contributed by atoms with Gasteiger partial charge >= 0.3 is 0 Å². The summed E-state index contributed by atoms with van der Waals surface area (Å²) in [4.78, 5) is 2.61. The van der Waals surface area contributed by atoms with E-state index in [1.807, 2.05) is 11.3 Å². The number of aliphatic hydroxyl groups excluding tert-OH is 1. The molecule has 1 aromatic heterocycles. The van der Waals surface area contributed by atoms with Crippen LogP contribution in [-0.4, -0.2) is 24.9 Å². The number of fused-ring (bicyclic) bond motifs is 1. The summed E-state index contributed by atoms with van der Waals surface area (Å²) in [7, 11) is 0. The van der Waals surface area contributed by atoms with Crippen molar-refractivity contribution < 1.29 is 9.84 Å². The maximum absolute atomic E-state index is 10.3. The van der Waals surface area contributed by atoms with Crippen molar-refractivity contribution in [2.75, 3.05) is 19.8 Å². The van der Waals surface area contributed by atoms with Crippen LogP contribution in [0.1, 0.15) is 47.6 Å². The zero-order chi connectivity index (χ0) is 16.6. The predicted molar refractivity (Wildman–Crippen MR) is 101 cm³/mol. The van der Waals surface area contributed by atoms with Crippen molar-refractivity contribution in [3.8, 4) is 0 Å². The molecule has 126 valence electrons. The number of aryl methyl sites for hydroxylation is 1. The molecule has 0 bridgehead atoms. The van der Waals surface area contributed by atoms with Crippen molar-refractivity contribution in [2.45, 2.75) is 39.5 Å². The molecule has 2 aliphatic rings. The van der Waals surface area contributed by atoms with Gasteiger partial charge in [0.1, 0.15) is 5.76 Å². The summed E-state index contributed by atoms with van der Waals surface area (Å²) >= 11 is 5.98. The van der Waals surface area contributed by atoms with E-state index in [4.69, 9.17) is 4.74 Å². The largest absolute Gasteiger partial charge is 0.508 e. The number of nitrogens with one attached hydrogen (secondary N) is 1. The zero-order valence-electron chi connectivity index (χ0n) is 13.9. The molecule has 0 amide bonds. The third-order valence-corrected chi connectivity index (χ3v) is 6.34. The maximum Gasteiger partial charge on any atom is 0.117 e. The number of aliphatic hydroxyl groups is 1. The Bertz CT molecular complexity index is 658. The average molecular weight is 352 g/mol. The molecule has 0 saturated carbocycles. The molecule has 0 fully saturated rings. The summed E-state index contributed by atoms with van der Waals surface area (Å²) in [6.45, 7) is 10.5. The van der Waals surface area contributed by atoms with Crippen LogP contribution in [0.2, 0.25) is 0 Å². The molecule has 0 saturated heterocycles. The first-order chi connectivity index (χ1) is 10.9. The Morgan fingerprint density at radius 3 is 2.91 bits per heavy atom.